The first-order chi connectivity index (χ1) is 8.99. The lowest BCUT2D eigenvalue weighted by molar-refractivity contribution is 0.107. The van der Waals surface area contributed by atoms with Crippen molar-refractivity contribution < 1.29 is 5.11 Å². The van der Waals surface area contributed by atoms with Gasteiger partial charge < -0.3 is 9.67 Å². The Kier molecular flexibility index (Phi) is 4.58. The second-order valence-corrected chi connectivity index (χ2v) is 6.14. The molecule has 5 nitrogen and oxygen atoms in total. The first-order valence-corrected chi connectivity index (χ1v) is 7.23. The Labute approximate surface area is 115 Å². The van der Waals surface area contributed by atoms with Gasteiger partial charge in [0, 0.05) is 19.5 Å². The van der Waals surface area contributed by atoms with E-state index in [9.17, 15) is 5.11 Å². The van der Waals surface area contributed by atoms with Crippen molar-refractivity contribution in [3.63, 3.8) is 0 Å². The number of hydrogen-bond acceptors (Lipinski definition) is 4. The third-order valence-electron chi connectivity index (χ3n) is 4.09. The van der Waals surface area contributed by atoms with Crippen LogP contribution in [0.4, 0.5) is 0 Å². The molecule has 108 valence electrons. The van der Waals surface area contributed by atoms with Crippen LogP contribution in [0.25, 0.3) is 0 Å². The van der Waals surface area contributed by atoms with Crippen LogP contribution in [0.15, 0.2) is 0 Å². The summed E-state index contributed by atoms with van der Waals surface area (Å²) in [7, 11) is 4.12. The second-order valence-electron chi connectivity index (χ2n) is 6.14. The SMILES string of the molecule is CC(C)c1nnc(CN(C)CC2CCCC2O)n1C. The minimum Gasteiger partial charge on any atom is -0.393 e. The van der Waals surface area contributed by atoms with Gasteiger partial charge >= 0.3 is 0 Å². The molecule has 1 saturated carbocycles. The summed E-state index contributed by atoms with van der Waals surface area (Å²) in [4.78, 5) is 2.24. The van der Waals surface area contributed by atoms with Crippen LogP contribution >= 0.6 is 0 Å². The van der Waals surface area contributed by atoms with Crippen LogP contribution in [0.5, 0.6) is 0 Å². The lowest BCUT2D eigenvalue weighted by atomic mass is 10.1. The van der Waals surface area contributed by atoms with Crippen LogP contribution in [-0.2, 0) is 13.6 Å². The number of hydrogen-bond donors (Lipinski definition) is 1. The molecule has 0 aromatic carbocycles. The quantitative estimate of drug-likeness (QED) is 0.878. The standard InChI is InChI=1S/C14H26N4O/c1-10(2)14-16-15-13(18(14)4)9-17(3)8-11-6-5-7-12(11)19/h10-12,19H,5-9H2,1-4H3. The molecular weight excluding hydrogens is 240 g/mol. The second kappa shape index (κ2) is 6.01. The molecule has 1 fully saturated rings. The van der Waals surface area contributed by atoms with Gasteiger partial charge in [-0.15, -0.1) is 10.2 Å². The van der Waals surface area contributed by atoms with E-state index in [1.807, 2.05) is 7.05 Å². The van der Waals surface area contributed by atoms with Crippen LogP contribution in [0.1, 0.15) is 50.7 Å². The van der Waals surface area contributed by atoms with E-state index in [1.54, 1.807) is 0 Å². The van der Waals surface area contributed by atoms with E-state index >= 15 is 0 Å². The molecule has 1 N–H and O–H groups in total. The highest BCUT2D eigenvalue weighted by Crippen LogP contribution is 2.26. The molecule has 1 aliphatic rings. The van der Waals surface area contributed by atoms with Crippen LogP contribution in [0.2, 0.25) is 0 Å². The maximum atomic E-state index is 9.88. The number of rotatable bonds is 5. The molecule has 1 aromatic rings. The normalized spacial score (nSPS) is 23.7. The monoisotopic (exact) mass is 266 g/mol. The molecule has 2 rings (SSSR count). The largest absolute Gasteiger partial charge is 0.393 e. The lowest BCUT2D eigenvalue weighted by Crippen LogP contribution is -2.30. The van der Waals surface area contributed by atoms with Gasteiger partial charge in [0.25, 0.3) is 0 Å². The van der Waals surface area contributed by atoms with Crippen molar-refractivity contribution in [2.75, 3.05) is 13.6 Å². The predicted octanol–water partition coefficient (Wildman–Crippen LogP) is 1.53. The molecule has 0 saturated heterocycles. The van der Waals surface area contributed by atoms with Gasteiger partial charge in [-0.2, -0.15) is 0 Å². The van der Waals surface area contributed by atoms with Crippen molar-refractivity contribution in [3.05, 3.63) is 11.6 Å². The molecule has 2 unspecified atom stereocenters. The van der Waals surface area contributed by atoms with Crippen LogP contribution in [0, 0.1) is 5.92 Å². The molecule has 0 bridgehead atoms. The molecule has 19 heavy (non-hydrogen) atoms. The highest BCUT2D eigenvalue weighted by molar-refractivity contribution is 4.99. The summed E-state index contributed by atoms with van der Waals surface area (Å²) in [6, 6.07) is 0. The minimum absolute atomic E-state index is 0.117. The minimum atomic E-state index is -0.117. The van der Waals surface area contributed by atoms with E-state index in [2.05, 4.69) is 40.6 Å². The maximum absolute atomic E-state index is 9.88. The van der Waals surface area contributed by atoms with E-state index in [-0.39, 0.29) is 6.10 Å². The molecular formula is C14H26N4O. The zero-order valence-corrected chi connectivity index (χ0v) is 12.5. The first-order valence-electron chi connectivity index (χ1n) is 7.23. The van der Waals surface area contributed by atoms with Gasteiger partial charge in [-0.05, 0) is 25.8 Å². The van der Waals surface area contributed by atoms with E-state index in [1.165, 1.54) is 0 Å². The Morgan fingerprint density at radius 3 is 2.63 bits per heavy atom. The molecule has 0 aliphatic heterocycles. The van der Waals surface area contributed by atoms with Gasteiger partial charge in [0.05, 0.1) is 12.6 Å². The summed E-state index contributed by atoms with van der Waals surface area (Å²) in [6.07, 6.45) is 3.14. The summed E-state index contributed by atoms with van der Waals surface area (Å²) >= 11 is 0. The summed E-state index contributed by atoms with van der Waals surface area (Å²) < 4.78 is 2.09. The zero-order chi connectivity index (χ0) is 14.0. The lowest BCUT2D eigenvalue weighted by Gasteiger charge is -2.22. The fourth-order valence-electron chi connectivity index (χ4n) is 2.95. The van der Waals surface area contributed by atoms with Crippen molar-refractivity contribution in [1.29, 1.82) is 0 Å². The van der Waals surface area contributed by atoms with Crippen molar-refractivity contribution in [2.45, 2.75) is 51.7 Å². The van der Waals surface area contributed by atoms with Crippen molar-refractivity contribution in [2.24, 2.45) is 13.0 Å². The highest BCUT2D eigenvalue weighted by Gasteiger charge is 2.26. The summed E-state index contributed by atoms with van der Waals surface area (Å²) in [5.74, 6) is 2.85. The first kappa shape index (κ1) is 14.5. The smallest absolute Gasteiger partial charge is 0.146 e. The number of nitrogens with zero attached hydrogens (tertiary/aromatic N) is 4. The highest BCUT2D eigenvalue weighted by atomic mass is 16.3. The number of aromatic nitrogens is 3. The van der Waals surface area contributed by atoms with Gasteiger partial charge in [-0.1, -0.05) is 20.3 Å². The molecule has 0 radical (unpaired) electrons. The van der Waals surface area contributed by atoms with Crippen molar-refractivity contribution in [3.8, 4) is 0 Å². The van der Waals surface area contributed by atoms with Gasteiger partial charge in [0.2, 0.25) is 0 Å². The molecule has 1 aliphatic carbocycles. The summed E-state index contributed by atoms with van der Waals surface area (Å²) in [5.41, 5.74) is 0. The Morgan fingerprint density at radius 1 is 1.37 bits per heavy atom. The van der Waals surface area contributed by atoms with E-state index < -0.39 is 0 Å². The Balaban J connectivity index is 1.93. The van der Waals surface area contributed by atoms with Crippen LogP contribution in [0.3, 0.4) is 0 Å². The molecule has 5 heteroatoms. The average Bonchev–Trinajstić information content (AvgIpc) is 2.88. The Hall–Kier alpha value is -0.940. The number of aliphatic hydroxyl groups excluding tert-OH is 1. The Bertz CT molecular complexity index is 416. The predicted molar refractivity (Wildman–Crippen MR) is 74.8 cm³/mol. The fraction of sp³-hybridized carbons (Fsp3) is 0.857. The maximum Gasteiger partial charge on any atom is 0.146 e. The van der Waals surface area contributed by atoms with Gasteiger partial charge in [-0.25, -0.2) is 0 Å². The topological polar surface area (TPSA) is 54.2 Å². The third-order valence-corrected chi connectivity index (χ3v) is 4.09. The molecule has 1 heterocycles. The van der Waals surface area contributed by atoms with E-state index in [0.717, 1.165) is 44.0 Å². The van der Waals surface area contributed by atoms with Gasteiger partial charge in [0.15, 0.2) is 0 Å². The van der Waals surface area contributed by atoms with E-state index in [0.29, 0.717) is 11.8 Å². The molecule has 0 amide bonds. The summed E-state index contributed by atoms with van der Waals surface area (Å²) in [6.45, 7) is 5.99. The Morgan fingerprint density at radius 2 is 2.11 bits per heavy atom. The van der Waals surface area contributed by atoms with Crippen LogP contribution < -0.4 is 0 Å². The van der Waals surface area contributed by atoms with Crippen LogP contribution in [-0.4, -0.2) is 44.5 Å². The zero-order valence-electron chi connectivity index (χ0n) is 12.5. The van der Waals surface area contributed by atoms with Crippen molar-refractivity contribution in [1.82, 2.24) is 19.7 Å². The molecule has 0 spiro atoms. The third kappa shape index (κ3) is 3.34. The van der Waals surface area contributed by atoms with Gasteiger partial charge in [-0.3, -0.25) is 4.90 Å². The summed E-state index contributed by atoms with van der Waals surface area (Å²) in [5, 5.41) is 18.4. The average molecular weight is 266 g/mol. The fourth-order valence-corrected chi connectivity index (χ4v) is 2.95. The van der Waals surface area contributed by atoms with Gasteiger partial charge in [0.1, 0.15) is 11.6 Å². The molecule has 2 atom stereocenters. The molecule has 1 aromatic heterocycles. The number of aliphatic hydroxyl groups is 1. The van der Waals surface area contributed by atoms with Crippen molar-refractivity contribution >= 4 is 0 Å². The van der Waals surface area contributed by atoms with E-state index in [4.69, 9.17) is 0 Å².